The minimum absolute atomic E-state index is 0.0213. The van der Waals surface area contributed by atoms with Crippen molar-refractivity contribution in [1.82, 2.24) is 14.2 Å². The zero-order valence-corrected chi connectivity index (χ0v) is 25.9. The molecule has 1 saturated heterocycles. The molecule has 0 bridgehead atoms. The van der Waals surface area contributed by atoms with E-state index < -0.39 is 46.5 Å². The Hall–Kier alpha value is -1.38. The summed E-state index contributed by atoms with van der Waals surface area (Å²) in [7, 11) is -3.59. The van der Waals surface area contributed by atoms with E-state index in [1.54, 1.807) is 6.92 Å². The molecule has 10 nitrogen and oxygen atoms in total. The molecule has 1 fully saturated rings. The molecule has 0 saturated carbocycles. The molecule has 1 aromatic heterocycles. The Morgan fingerprint density at radius 1 is 1.27 bits per heavy atom. The van der Waals surface area contributed by atoms with Gasteiger partial charge in [-0.15, -0.1) is 0 Å². The van der Waals surface area contributed by atoms with Gasteiger partial charge in [0.1, 0.15) is 12.3 Å². The van der Waals surface area contributed by atoms with Crippen LogP contribution in [0, 0.1) is 18.3 Å². The van der Waals surface area contributed by atoms with E-state index in [1.165, 1.54) is 10.8 Å². The first-order valence-electron chi connectivity index (χ1n) is 13.0. The molecule has 0 amide bonds. The van der Waals surface area contributed by atoms with E-state index in [0.717, 1.165) is 0 Å². The van der Waals surface area contributed by atoms with Gasteiger partial charge in [0.25, 0.3) is 14.1 Å². The number of hydrogen-bond donors (Lipinski definition) is 1. The van der Waals surface area contributed by atoms with Crippen molar-refractivity contribution in [1.29, 1.82) is 5.26 Å². The van der Waals surface area contributed by atoms with Gasteiger partial charge >= 0.3 is 5.69 Å². The molecular formula is C25H45N4O6PSi. The van der Waals surface area contributed by atoms with Crippen LogP contribution in [0.15, 0.2) is 15.8 Å². The number of H-pyrrole nitrogens is 1. The van der Waals surface area contributed by atoms with Crippen LogP contribution in [0.4, 0.5) is 0 Å². The summed E-state index contributed by atoms with van der Waals surface area (Å²) < 4.78 is 29.2. The fourth-order valence-corrected chi connectivity index (χ4v) is 6.62. The Kier molecular flexibility index (Phi) is 11.3. The van der Waals surface area contributed by atoms with Gasteiger partial charge < -0.3 is 18.2 Å². The van der Waals surface area contributed by atoms with Crippen LogP contribution in [0.25, 0.3) is 0 Å². The zero-order valence-electron chi connectivity index (χ0n) is 24.0. The number of aryl methyl sites for hydroxylation is 1. The fraction of sp³-hybridized carbons (Fsp3) is 0.800. The van der Waals surface area contributed by atoms with Gasteiger partial charge in [-0.2, -0.15) is 5.26 Å². The minimum atomic E-state index is -2.08. The van der Waals surface area contributed by atoms with E-state index in [9.17, 15) is 9.59 Å². The lowest BCUT2D eigenvalue weighted by molar-refractivity contribution is -0.0413. The molecule has 12 heteroatoms. The first-order valence-corrected chi connectivity index (χ1v) is 17.0. The quantitative estimate of drug-likeness (QED) is 0.221. The molecule has 2 heterocycles. The zero-order chi connectivity index (χ0) is 28.1. The average molecular weight is 557 g/mol. The van der Waals surface area contributed by atoms with Crippen LogP contribution in [0.2, 0.25) is 18.1 Å². The van der Waals surface area contributed by atoms with Gasteiger partial charge in [0.05, 0.1) is 31.8 Å². The monoisotopic (exact) mass is 556 g/mol. The largest absolute Gasteiger partial charge is 0.414 e. The summed E-state index contributed by atoms with van der Waals surface area (Å²) in [5.41, 5.74) is -0.512. The summed E-state index contributed by atoms with van der Waals surface area (Å²) in [6, 6.07) is 2.42. The molecule has 37 heavy (non-hydrogen) atoms. The lowest BCUT2D eigenvalue weighted by Gasteiger charge is -2.39. The number of hydrogen-bond acceptors (Lipinski definition) is 8. The van der Waals surface area contributed by atoms with E-state index in [0.29, 0.717) is 18.6 Å². The number of nitrogens with one attached hydrogen (secondary N) is 1. The highest BCUT2D eigenvalue weighted by molar-refractivity contribution is 7.44. The summed E-state index contributed by atoms with van der Waals surface area (Å²) in [5.74, 6) is 0. The predicted octanol–water partition coefficient (Wildman–Crippen LogP) is 4.82. The second kappa shape index (κ2) is 13.1. The lowest BCUT2D eigenvalue weighted by atomic mass is 10.2. The van der Waals surface area contributed by atoms with Gasteiger partial charge in [0.15, 0.2) is 8.32 Å². The Balaban J connectivity index is 2.38. The van der Waals surface area contributed by atoms with Crippen molar-refractivity contribution < 1.29 is 18.2 Å². The second-order valence-electron chi connectivity index (χ2n) is 11.6. The Labute approximate surface area is 223 Å². The summed E-state index contributed by atoms with van der Waals surface area (Å²) in [6.07, 6.45) is 0.705. The molecule has 1 unspecified atom stereocenters. The van der Waals surface area contributed by atoms with Crippen LogP contribution in [0.5, 0.6) is 0 Å². The Morgan fingerprint density at radius 3 is 2.43 bits per heavy atom. The molecule has 0 spiro atoms. The molecular weight excluding hydrogens is 511 g/mol. The van der Waals surface area contributed by atoms with Crippen LogP contribution in [-0.2, 0) is 18.2 Å². The maximum atomic E-state index is 12.6. The first kappa shape index (κ1) is 31.8. The molecule has 1 aromatic rings. The van der Waals surface area contributed by atoms with Crippen molar-refractivity contribution in [3.63, 3.8) is 0 Å². The smallest absolute Gasteiger partial charge is 0.330 e. The predicted molar refractivity (Wildman–Crippen MR) is 148 cm³/mol. The maximum absolute atomic E-state index is 12.6. The molecule has 210 valence electrons. The summed E-state index contributed by atoms with van der Waals surface area (Å²) >= 11 is 0. The van der Waals surface area contributed by atoms with Crippen molar-refractivity contribution in [2.75, 3.05) is 13.2 Å². The minimum Gasteiger partial charge on any atom is -0.414 e. The van der Waals surface area contributed by atoms with Crippen LogP contribution >= 0.6 is 8.53 Å². The van der Waals surface area contributed by atoms with E-state index in [2.05, 4.69) is 77.3 Å². The second-order valence-corrected chi connectivity index (χ2v) is 17.8. The van der Waals surface area contributed by atoms with Crippen molar-refractivity contribution >= 4 is 16.8 Å². The fourth-order valence-electron chi connectivity index (χ4n) is 3.85. The Morgan fingerprint density at radius 2 is 1.89 bits per heavy atom. The van der Waals surface area contributed by atoms with Crippen LogP contribution in [0.1, 0.15) is 73.1 Å². The van der Waals surface area contributed by atoms with Crippen LogP contribution in [0.3, 0.4) is 0 Å². The van der Waals surface area contributed by atoms with E-state index in [-0.39, 0.29) is 30.1 Å². The molecule has 2 rings (SSSR count). The van der Waals surface area contributed by atoms with Gasteiger partial charge in [-0.25, -0.2) is 9.46 Å². The number of aromatic amines is 1. The van der Waals surface area contributed by atoms with Crippen molar-refractivity contribution in [3.8, 4) is 6.07 Å². The summed E-state index contributed by atoms with van der Waals surface area (Å²) in [4.78, 5) is 26.9. The number of rotatable bonds is 12. The van der Waals surface area contributed by atoms with E-state index in [1.807, 2.05) is 0 Å². The van der Waals surface area contributed by atoms with Crippen molar-refractivity contribution in [3.05, 3.63) is 32.6 Å². The van der Waals surface area contributed by atoms with E-state index in [4.69, 9.17) is 23.5 Å². The van der Waals surface area contributed by atoms with Crippen molar-refractivity contribution in [2.45, 2.75) is 117 Å². The van der Waals surface area contributed by atoms with Gasteiger partial charge in [0, 0.05) is 30.3 Å². The maximum Gasteiger partial charge on any atom is 0.330 e. The first-order chi connectivity index (χ1) is 17.1. The average Bonchev–Trinajstić information content (AvgIpc) is 3.16. The van der Waals surface area contributed by atoms with Gasteiger partial charge in [-0.3, -0.25) is 14.3 Å². The van der Waals surface area contributed by atoms with Gasteiger partial charge in [0.2, 0.25) is 0 Å². The molecule has 0 aliphatic carbocycles. The third-order valence-electron chi connectivity index (χ3n) is 6.94. The molecule has 1 N–H and O–H groups in total. The summed E-state index contributed by atoms with van der Waals surface area (Å²) in [6.45, 7) is 21.5. The van der Waals surface area contributed by atoms with E-state index >= 15 is 0 Å². The number of nitrogens with zero attached hydrogens (tertiary/aromatic N) is 3. The molecule has 0 radical (unpaired) electrons. The highest BCUT2D eigenvalue weighted by atomic mass is 31.2. The standard InChI is InChI=1S/C25H45N4O6PSi/c1-17(2)29(18(3)4)36(32-13-11-12-26)35-20-14-22(28-15-19(5)23(30)27-24(28)31)34-21(20)16-33-37(9,10)25(6,7)8/h15,17-18,20-22H,11,13-14,16H2,1-10H3,(H,27,30,31)/t20-,21-,22-,36?/m1/s1. The highest BCUT2D eigenvalue weighted by Gasteiger charge is 2.44. The highest BCUT2D eigenvalue weighted by Crippen LogP contribution is 2.50. The normalized spacial score (nSPS) is 21.7. The molecule has 0 aromatic carbocycles. The molecule has 1 aliphatic rings. The molecule has 4 atom stereocenters. The van der Waals surface area contributed by atoms with Gasteiger partial charge in [-0.05, 0) is 52.8 Å². The number of nitriles is 1. The number of aromatic nitrogens is 2. The SMILES string of the molecule is Cc1cn([C@H]2C[C@@H](OP(OCCC#N)N(C(C)C)C(C)C)[C@@H](CO[Si](C)(C)C(C)(C)C)O2)c(=O)[nH]c1=O. The third-order valence-corrected chi connectivity index (χ3v) is 13.6. The topological polar surface area (TPSA) is 119 Å². The number of ether oxygens (including phenoxy) is 1. The lowest BCUT2D eigenvalue weighted by Crippen LogP contribution is -2.44. The van der Waals surface area contributed by atoms with Crippen molar-refractivity contribution in [2.24, 2.45) is 0 Å². The van der Waals surface area contributed by atoms with Crippen LogP contribution in [-0.4, -0.2) is 60.0 Å². The summed E-state index contributed by atoms with van der Waals surface area (Å²) in [5, 5.41) is 9.06. The molecule has 1 aliphatic heterocycles. The third kappa shape index (κ3) is 8.30. The van der Waals surface area contributed by atoms with Gasteiger partial charge in [-0.1, -0.05) is 20.8 Å². The van der Waals surface area contributed by atoms with Crippen LogP contribution < -0.4 is 11.2 Å². The Bertz CT molecular complexity index is 1040.